The zero-order valence-corrected chi connectivity index (χ0v) is 15.7. The lowest BCUT2D eigenvalue weighted by molar-refractivity contribution is -0.137. The molecule has 1 amide bonds. The Hall–Kier alpha value is -2.08. The molecule has 2 heterocycles. The van der Waals surface area contributed by atoms with E-state index in [9.17, 15) is 9.59 Å². The van der Waals surface area contributed by atoms with Crippen molar-refractivity contribution < 1.29 is 14.3 Å². The smallest absolute Gasteiger partial charge is 0.338 e. The van der Waals surface area contributed by atoms with Crippen LogP contribution in [0, 0.1) is 0 Å². The number of fused-ring (bicyclic) bond motifs is 1. The largest absolute Gasteiger partial charge is 0.466 e. The van der Waals surface area contributed by atoms with Gasteiger partial charge in [-0.3, -0.25) is 9.69 Å². The van der Waals surface area contributed by atoms with Crippen LogP contribution in [0.1, 0.15) is 50.3 Å². The van der Waals surface area contributed by atoms with E-state index in [1.54, 1.807) is 23.6 Å². The van der Waals surface area contributed by atoms with Crippen molar-refractivity contribution in [3.63, 3.8) is 0 Å². The van der Waals surface area contributed by atoms with Crippen LogP contribution in [0.25, 0.3) is 0 Å². The molecule has 5 nitrogen and oxygen atoms in total. The van der Waals surface area contributed by atoms with Crippen molar-refractivity contribution in [1.82, 2.24) is 4.90 Å². The molecule has 0 radical (unpaired) electrons. The first kappa shape index (κ1) is 17.7. The van der Waals surface area contributed by atoms with Crippen LogP contribution in [0.15, 0.2) is 40.5 Å². The minimum atomic E-state index is -0.485. The van der Waals surface area contributed by atoms with Gasteiger partial charge in [0.2, 0.25) is 5.91 Å². The number of methoxy groups -OCH3 is 1. The van der Waals surface area contributed by atoms with Gasteiger partial charge in [-0.25, -0.2) is 9.79 Å². The van der Waals surface area contributed by atoms with Crippen LogP contribution in [0.5, 0.6) is 0 Å². The van der Waals surface area contributed by atoms with Gasteiger partial charge >= 0.3 is 5.97 Å². The summed E-state index contributed by atoms with van der Waals surface area (Å²) in [6, 6.07) is 7.60. The number of thioether (sulfide) groups is 1. The average Bonchev–Trinajstić information content (AvgIpc) is 2.60. The number of amides is 1. The fourth-order valence-electron chi connectivity index (χ4n) is 3.15. The van der Waals surface area contributed by atoms with Gasteiger partial charge in [-0.1, -0.05) is 49.9 Å². The first-order valence-corrected chi connectivity index (χ1v) is 9.35. The van der Waals surface area contributed by atoms with Crippen LogP contribution < -0.4 is 0 Å². The molecule has 1 aromatic rings. The van der Waals surface area contributed by atoms with Crippen LogP contribution >= 0.6 is 11.8 Å². The molecule has 0 unspecified atom stereocenters. The lowest BCUT2D eigenvalue weighted by Gasteiger charge is -2.38. The van der Waals surface area contributed by atoms with Gasteiger partial charge in [-0.05, 0) is 24.0 Å². The molecule has 1 aromatic carbocycles. The maximum absolute atomic E-state index is 12.6. The highest BCUT2D eigenvalue weighted by molar-refractivity contribution is 8.14. The van der Waals surface area contributed by atoms with E-state index in [0.717, 1.165) is 5.56 Å². The van der Waals surface area contributed by atoms with Crippen molar-refractivity contribution in [3.8, 4) is 0 Å². The third-order valence-electron chi connectivity index (χ3n) is 4.53. The minimum Gasteiger partial charge on any atom is -0.466 e. The average molecular weight is 358 g/mol. The van der Waals surface area contributed by atoms with E-state index in [1.165, 1.54) is 12.7 Å². The molecule has 3 rings (SSSR count). The molecule has 1 saturated heterocycles. The highest BCUT2D eigenvalue weighted by Gasteiger charge is 2.41. The molecule has 0 N–H and O–H groups in total. The van der Waals surface area contributed by atoms with Gasteiger partial charge in [0.1, 0.15) is 0 Å². The first-order chi connectivity index (χ1) is 11.9. The molecule has 132 valence electrons. The Morgan fingerprint density at radius 1 is 1.32 bits per heavy atom. The van der Waals surface area contributed by atoms with Crippen molar-refractivity contribution in [3.05, 3.63) is 46.7 Å². The molecule has 1 atom stereocenters. The monoisotopic (exact) mass is 358 g/mol. The summed E-state index contributed by atoms with van der Waals surface area (Å²) >= 11 is 1.55. The predicted octanol–water partition coefficient (Wildman–Crippen LogP) is 3.63. The van der Waals surface area contributed by atoms with E-state index >= 15 is 0 Å². The van der Waals surface area contributed by atoms with Crippen molar-refractivity contribution >= 4 is 28.8 Å². The van der Waals surface area contributed by atoms with E-state index in [2.05, 4.69) is 31.0 Å². The maximum Gasteiger partial charge on any atom is 0.338 e. The van der Waals surface area contributed by atoms with Gasteiger partial charge < -0.3 is 4.74 Å². The van der Waals surface area contributed by atoms with E-state index in [1.807, 2.05) is 12.1 Å². The number of hydrogen-bond acceptors (Lipinski definition) is 5. The normalized spacial score (nSPS) is 20.5. The number of esters is 1. The van der Waals surface area contributed by atoms with Crippen LogP contribution in [-0.4, -0.2) is 34.8 Å². The number of allylic oxidation sites excluding steroid dienone is 1. The fraction of sp³-hybridized carbons (Fsp3) is 0.421. The SMILES string of the molecule is COC(=O)C1=C(C)N=C2SCCC(=O)N2[C@H]1c1ccc(C(C)C)cc1. The Bertz CT molecular complexity index is 765. The number of ether oxygens (including phenoxy) is 1. The topological polar surface area (TPSA) is 59.0 Å². The summed E-state index contributed by atoms with van der Waals surface area (Å²) in [6.07, 6.45) is 0.442. The van der Waals surface area contributed by atoms with Crippen molar-refractivity contribution in [2.45, 2.75) is 39.2 Å². The Morgan fingerprint density at radius 3 is 2.60 bits per heavy atom. The molecule has 2 aliphatic rings. The number of amidine groups is 1. The summed E-state index contributed by atoms with van der Waals surface area (Å²) in [4.78, 5) is 31.2. The van der Waals surface area contributed by atoms with E-state index in [-0.39, 0.29) is 5.91 Å². The Labute approximate surface area is 152 Å². The molecule has 0 bridgehead atoms. The van der Waals surface area contributed by atoms with Crippen LogP contribution in [0.4, 0.5) is 0 Å². The molecule has 1 fully saturated rings. The summed E-state index contributed by atoms with van der Waals surface area (Å²) < 4.78 is 4.98. The summed E-state index contributed by atoms with van der Waals surface area (Å²) in [5.41, 5.74) is 3.15. The van der Waals surface area contributed by atoms with Crippen molar-refractivity contribution in [1.29, 1.82) is 0 Å². The van der Waals surface area contributed by atoms with Gasteiger partial charge in [0.15, 0.2) is 5.17 Å². The first-order valence-electron chi connectivity index (χ1n) is 8.36. The van der Waals surface area contributed by atoms with Gasteiger partial charge in [0, 0.05) is 12.2 Å². The highest BCUT2D eigenvalue weighted by Crippen LogP contribution is 2.40. The second-order valence-corrected chi connectivity index (χ2v) is 7.53. The van der Waals surface area contributed by atoms with Crippen molar-refractivity contribution in [2.75, 3.05) is 12.9 Å². The molecule has 6 heteroatoms. The van der Waals surface area contributed by atoms with Crippen LogP contribution in [0.2, 0.25) is 0 Å². The Morgan fingerprint density at radius 2 is 2.00 bits per heavy atom. The zero-order chi connectivity index (χ0) is 18.1. The molecule has 0 aliphatic carbocycles. The highest BCUT2D eigenvalue weighted by atomic mass is 32.2. The summed E-state index contributed by atoms with van der Waals surface area (Å²) in [5.74, 6) is 0.682. The zero-order valence-electron chi connectivity index (χ0n) is 14.9. The van der Waals surface area contributed by atoms with Gasteiger partial charge in [0.05, 0.1) is 24.4 Å². The second kappa shape index (κ2) is 7.04. The maximum atomic E-state index is 12.6. The van der Waals surface area contributed by atoms with Gasteiger partial charge in [-0.2, -0.15) is 0 Å². The fourth-order valence-corrected chi connectivity index (χ4v) is 4.15. The molecule has 0 spiro atoms. The van der Waals surface area contributed by atoms with Crippen LogP contribution in [0.3, 0.4) is 0 Å². The second-order valence-electron chi connectivity index (χ2n) is 6.47. The summed E-state index contributed by atoms with van der Waals surface area (Å²) in [6.45, 7) is 6.07. The standard InChI is InChI=1S/C19H22N2O3S/c1-11(2)13-5-7-14(8-6-13)17-16(18(23)24-4)12(3)20-19-21(17)15(22)9-10-25-19/h5-8,11,17H,9-10H2,1-4H3/t17-/m0/s1. The summed E-state index contributed by atoms with van der Waals surface area (Å²) in [5, 5.41) is 0.666. The van der Waals surface area contributed by atoms with Gasteiger partial charge in [0.25, 0.3) is 0 Å². The number of rotatable bonds is 3. The number of nitrogens with zero attached hydrogens (tertiary/aromatic N) is 2. The Kier molecular flexibility index (Phi) is 4.99. The van der Waals surface area contributed by atoms with Gasteiger partial charge in [-0.15, -0.1) is 0 Å². The third kappa shape index (κ3) is 3.23. The molecule has 0 saturated carbocycles. The van der Waals surface area contributed by atoms with E-state index in [4.69, 9.17) is 4.74 Å². The molecule has 0 aromatic heterocycles. The lowest BCUT2D eigenvalue weighted by atomic mass is 9.92. The van der Waals surface area contributed by atoms with Crippen molar-refractivity contribution in [2.24, 2.45) is 4.99 Å². The number of hydrogen-bond donors (Lipinski definition) is 0. The van der Waals surface area contributed by atoms with E-state index in [0.29, 0.717) is 34.5 Å². The molecular formula is C19H22N2O3S. The number of benzene rings is 1. The van der Waals surface area contributed by atoms with Crippen LogP contribution in [-0.2, 0) is 14.3 Å². The quantitative estimate of drug-likeness (QED) is 0.774. The minimum absolute atomic E-state index is 0.00987. The molecule has 25 heavy (non-hydrogen) atoms. The summed E-state index contributed by atoms with van der Waals surface area (Å²) in [7, 11) is 1.35. The number of carbonyl (C=O) groups is 2. The number of carbonyl (C=O) groups excluding carboxylic acids is 2. The number of aliphatic imine (C=N–C) groups is 1. The molecular weight excluding hydrogens is 336 g/mol. The predicted molar refractivity (Wildman–Crippen MR) is 99.3 cm³/mol. The van der Waals surface area contributed by atoms with E-state index < -0.39 is 12.0 Å². The molecule has 2 aliphatic heterocycles. The lowest BCUT2D eigenvalue weighted by Crippen LogP contribution is -2.45. The third-order valence-corrected chi connectivity index (χ3v) is 5.49. The Balaban J connectivity index is 2.12.